The van der Waals surface area contributed by atoms with Crippen molar-refractivity contribution in [2.45, 2.75) is 103 Å². The summed E-state index contributed by atoms with van der Waals surface area (Å²) in [7, 11) is 0. The molecule has 0 amide bonds. The monoisotopic (exact) mass is 294 g/mol. The van der Waals surface area contributed by atoms with Gasteiger partial charge in [0.15, 0.2) is 0 Å². The van der Waals surface area contributed by atoms with Crippen molar-refractivity contribution in [2.24, 2.45) is 0 Å². The Morgan fingerprint density at radius 2 is 1.33 bits per heavy atom. The Hall–Kier alpha value is -0.790. The summed E-state index contributed by atoms with van der Waals surface area (Å²) in [5.74, 6) is 0.00310. The van der Waals surface area contributed by atoms with Gasteiger partial charge >= 0.3 is 5.97 Å². The molecular weight excluding hydrogens is 260 g/mol. The highest BCUT2D eigenvalue weighted by atomic mass is 16.5. The third kappa shape index (κ3) is 11.5. The van der Waals surface area contributed by atoms with Crippen molar-refractivity contribution >= 4 is 5.97 Å². The number of esters is 1. The molecule has 2 nitrogen and oxygen atoms in total. The van der Waals surface area contributed by atoms with Crippen molar-refractivity contribution in [3.05, 3.63) is 12.2 Å². The minimum atomic E-state index is 0.00310. The van der Waals surface area contributed by atoms with Crippen LogP contribution in [0.2, 0.25) is 0 Å². The third-order valence-electron chi connectivity index (χ3n) is 4.23. The minimum absolute atomic E-state index is 0.00310. The van der Waals surface area contributed by atoms with Crippen LogP contribution in [0.15, 0.2) is 12.2 Å². The summed E-state index contributed by atoms with van der Waals surface area (Å²) in [6.45, 7) is 2.03. The molecule has 1 atom stereocenters. The summed E-state index contributed by atoms with van der Waals surface area (Å²) in [4.78, 5) is 11.7. The molecule has 1 rings (SSSR count). The van der Waals surface area contributed by atoms with Gasteiger partial charge in [-0.2, -0.15) is 0 Å². The maximum absolute atomic E-state index is 11.7. The molecule has 0 saturated carbocycles. The first-order valence-electron chi connectivity index (χ1n) is 9.13. The van der Waals surface area contributed by atoms with E-state index in [1.54, 1.807) is 0 Å². The van der Waals surface area contributed by atoms with Crippen molar-refractivity contribution in [1.29, 1.82) is 0 Å². The second-order valence-corrected chi connectivity index (χ2v) is 6.42. The van der Waals surface area contributed by atoms with Gasteiger partial charge in [-0.15, -0.1) is 0 Å². The molecular formula is C19H34O2. The number of allylic oxidation sites excluding steroid dienone is 2. The number of hydrogen-bond donors (Lipinski definition) is 0. The van der Waals surface area contributed by atoms with Gasteiger partial charge in [0.05, 0.1) is 6.10 Å². The minimum Gasteiger partial charge on any atom is -0.463 e. The fraction of sp³-hybridized carbons (Fsp3) is 0.842. The first-order valence-corrected chi connectivity index (χ1v) is 9.13. The normalized spacial score (nSPS) is 26.9. The first-order chi connectivity index (χ1) is 10.3. The molecule has 21 heavy (non-hydrogen) atoms. The molecule has 0 aromatic carbocycles. The van der Waals surface area contributed by atoms with Crippen LogP contribution in [0.25, 0.3) is 0 Å². The summed E-state index contributed by atoms with van der Waals surface area (Å²) >= 11 is 0. The lowest BCUT2D eigenvalue weighted by atomic mass is 10.1. The zero-order valence-corrected chi connectivity index (χ0v) is 13.9. The molecule has 2 heteroatoms. The molecule has 1 aliphatic heterocycles. The van der Waals surface area contributed by atoms with Gasteiger partial charge in [0.25, 0.3) is 0 Å². The number of carbonyl (C=O) groups excluding carboxylic acids is 1. The number of ether oxygens (including phenoxy) is 1. The molecule has 0 aromatic rings. The Morgan fingerprint density at radius 3 is 2.00 bits per heavy atom. The number of rotatable bonds is 0. The Bertz CT molecular complexity index is 283. The van der Waals surface area contributed by atoms with Gasteiger partial charge in [0, 0.05) is 6.42 Å². The van der Waals surface area contributed by atoms with E-state index >= 15 is 0 Å². The van der Waals surface area contributed by atoms with E-state index in [1.165, 1.54) is 70.6 Å². The van der Waals surface area contributed by atoms with Gasteiger partial charge in [0.2, 0.25) is 0 Å². The van der Waals surface area contributed by atoms with Gasteiger partial charge in [0.1, 0.15) is 0 Å². The lowest BCUT2D eigenvalue weighted by molar-refractivity contribution is -0.148. The maximum atomic E-state index is 11.7. The van der Waals surface area contributed by atoms with E-state index in [4.69, 9.17) is 4.74 Å². The highest BCUT2D eigenvalue weighted by molar-refractivity contribution is 5.69. The highest BCUT2D eigenvalue weighted by Gasteiger charge is 2.08. The SMILES string of the molecule is CC1CCCCC/C=C\CCCCCCCCCC(=O)O1. The van der Waals surface area contributed by atoms with Crippen LogP contribution < -0.4 is 0 Å². The van der Waals surface area contributed by atoms with Crippen molar-refractivity contribution < 1.29 is 9.53 Å². The Balaban J connectivity index is 2.24. The molecule has 0 N–H and O–H groups in total. The van der Waals surface area contributed by atoms with Crippen molar-refractivity contribution in [3.63, 3.8) is 0 Å². The van der Waals surface area contributed by atoms with Crippen LogP contribution >= 0.6 is 0 Å². The van der Waals surface area contributed by atoms with E-state index in [1.807, 2.05) is 6.92 Å². The smallest absolute Gasteiger partial charge is 0.306 e. The number of cyclic esters (lactones) is 1. The molecule has 0 radical (unpaired) electrons. The van der Waals surface area contributed by atoms with E-state index in [-0.39, 0.29) is 12.1 Å². The summed E-state index contributed by atoms with van der Waals surface area (Å²) in [5, 5.41) is 0. The summed E-state index contributed by atoms with van der Waals surface area (Å²) < 4.78 is 5.46. The number of hydrogen-bond acceptors (Lipinski definition) is 2. The Morgan fingerprint density at radius 1 is 0.810 bits per heavy atom. The van der Waals surface area contributed by atoms with Crippen LogP contribution in [-0.4, -0.2) is 12.1 Å². The molecule has 0 bridgehead atoms. The molecule has 122 valence electrons. The number of carbonyl (C=O) groups is 1. The average Bonchev–Trinajstić information content (AvgIpc) is 2.46. The summed E-state index contributed by atoms with van der Waals surface area (Å²) in [5.41, 5.74) is 0. The second-order valence-electron chi connectivity index (χ2n) is 6.42. The standard InChI is InChI=1S/C19H34O2/c1-18-16-14-12-10-8-6-4-2-3-5-7-9-11-13-15-17-19(20)21-18/h4,6,18H,2-3,5,7-17H2,1H3/b6-4-. The van der Waals surface area contributed by atoms with Crippen LogP contribution in [0.4, 0.5) is 0 Å². The van der Waals surface area contributed by atoms with Gasteiger partial charge in [-0.05, 0) is 51.9 Å². The zero-order chi connectivity index (χ0) is 15.2. The molecule has 0 spiro atoms. The fourth-order valence-electron chi connectivity index (χ4n) is 2.86. The lowest BCUT2D eigenvalue weighted by Gasteiger charge is -2.13. The predicted octanol–water partition coefficient (Wildman–Crippen LogP) is 5.95. The lowest BCUT2D eigenvalue weighted by Crippen LogP contribution is -2.14. The van der Waals surface area contributed by atoms with Gasteiger partial charge in [-0.3, -0.25) is 4.79 Å². The van der Waals surface area contributed by atoms with Gasteiger partial charge < -0.3 is 4.74 Å². The van der Waals surface area contributed by atoms with Crippen LogP contribution in [0.3, 0.4) is 0 Å². The van der Waals surface area contributed by atoms with E-state index in [0.717, 1.165) is 12.8 Å². The van der Waals surface area contributed by atoms with Crippen LogP contribution in [-0.2, 0) is 9.53 Å². The molecule has 0 aliphatic carbocycles. The van der Waals surface area contributed by atoms with Gasteiger partial charge in [-0.1, -0.05) is 50.7 Å². The second kappa shape index (κ2) is 12.9. The molecule has 0 saturated heterocycles. The molecule has 1 heterocycles. The van der Waals surface area contributed by atoms with Crippen molar-refractivity contribution in [3.8, 4) is 0 Å². The van der Waals surface area contributed by atoms with Crippen molar-refractivity contribution in [1.82, 2.24) is 0 Å². The van der Waals surface area contributed by atoms with E-state index in [0.29, 0.717) is 6.42 Å². The van der Waals surface area contributed by atoms with Crippen LogP contribution in [0, 0.1) is 0 Å². The molecule has 1 aliphatic rings. The predicted molar refractivity (Wildman–Crippen MR) is 89.3 cm³/mol. The van der Waals surface area contributed by atoms with E-state index in [2.05, 4.69) is 12.2 Å². The van der Waals surface area contributed by atoms with E-state index in [9.17, 15) is 4.79 Å². The molecule has 1 unspecified atom stereocenters. The van der Waals surface area contributed by atoms with Crippen LogP contribution in [0.1, 0.15) is 96.8 Å². The zero-order valence-electron chi connectivity index (χ0n) is 13.9. The fourth-order valence-corrected chi connectivity index (χ4v) is 2.86. The average molecular weight is 294 g/mol. The first kappa shape index (κ1) is 18.3. The largest absolute Gasteiger partial charge is 0.463 e. The Kier molecular flexibility index (Phi) is 11.2. The topological polar surface area (TPSA) is 26.3 Å². The summed E-state index contributed by atoms with van der Waals surface area (Å²) in [6, 6.07) is 0. The third-order valence-corrected chi connectivity index (χ3v) is 4.23. The van der Waals surface area contributed by atoms with Gasteiger partial charge in [-0.25, -0.2) is 0 Å². The van der Waals surface area contributed by atoms with E-state index < -0.39 is 0 Å². The maximum Gasteiger partial charge on any atom is 0.306 e. The molecule has 0 aromatic heterocycles. The quantitative estimate of drug-likeness (QED) is 0.407. The Labute approximate surface area is 131 Å². The molecule has 0 fully saturated rings. The summed E-state index contributed by atoms with van der Waals surface area (Å²) in [6.07, 6.45) is 21.3. The van der Waals surface area contributed by atoms with Crippen LogP contribution in [0.5, 0.6) is 0 Å². The highest BCUT2D eigenvalue weighted by Crippen LogP contribution is 2.13. The van der Waals surface area contributed by atoms with Crippen molar-refractivity contribution in [2.75, 3.05) is 0 Å².